The van der Waals surface area contributed by atoms with E-state index in [1.807, 2.05) is 49.3 Å². The van der Waals surface area contributed by atoms with Gasteiger partial charge in [0, 0.05) is 56.3 Å². The van der Waals surface area contributed by atoms with Crippen LogP contribution in [0.4, 0.5) is 5.69 Å². The van der Waals surface area contributed by atoms with Crippen LogP contribution >= 0.6 is 0 Å². The van der Waals surface area contributed by atoms with Crippen LogP contribution in [-0.2, 0) is 32.2 Å². The van der Waals surface area contributed by atoms with Gasteiger partial charge in [0.05, 0.1) is 13.2 Å². The van der Waals surface area contributed by atoms with Crippen LogP contribution in [0.3, 0.4) is 0 Å². The minimum atomic E-state index is -1.63. The highest BCUT2D eigenvalue weighted by atomic mass is 16.6. The second-order valence-electron chi connectivity index (χ2n) is 12.8. The van der Waals surface area contributed by atoms with Crippen molar-refractivity contribution in [2.75, 3.05) is 32.2 Å². The fraction of sp³-hybridized carbons (Fsp3) is 0.417. The van der Waals surface area contributed by atoms with Crippen LogP contribution in [-0.4, -0.2) is 61.3 Å². The second-order valence-corrected chi connectivity index (χ2v) is 12.8. The number of aliphatic hydroxyl groups is 1. The molecule has 13 nitrogen and oxygen atoms in total. The van der Waals surface area contributed by atoms with E-state index in [1.165, 1.54) is 0 Å². The van der Waals surface area contributed by atoms with Gasteiger partial charge in [-0.15, -0.1) is 0 Å². The van der Waals surface area contributed by atoms with E-state index in [0.717, 1.165) is 11.3 Å². The predicted octanol–water partition coefficient (Wildman–Crippen LogP) is 5.52. The summed E-state index contributed by atoms with van der Waals surface area (Å²) in [7, 11) is 3.93. The summed E-state index contributed by atoms with van der Waals surface area (Å²) in [5.74, 6) is -0.195. The zero-order chi connectivity index (χ0) is 35.4. The Morgan fingerprint density at radius 3 is 2.45 bits per heavy atom. The quantitative estimate of drug-likeness (QED) is 0.0446. The highest BCUT2D eigenvalue weighted by Gasteiger charge is 2.54. The number of carbonyl (C=O) groups is 2. The van der Waals surface area contributed by atoms with Crippen LogP contribution in [0.1, 0.15) is 68.4 Å². The van der Waals surface area contributed by atoms with Crippen molar-refractivity contribution in [3.05, 3.63) is 105 Å². The van der Waals surface area contributed by atoms with E-state index >= 15 is 0 Å². The molecule has 0 saturated heterocycles. The molecule has 0 radical (unpaired) electrons. The number of nitrogens with zero attached hydrogens (tertiary/aromatic N) is 5. The third kappa shape index (κ3) is 9.96. The Kier molecular flexibility index (Phi) is 12.6. The highest BCUT2D eigenvalue weighted by Crippen LogP contribution is 2.44. The number of carbonyl (C=O) groups excluding carboxylic acids is 2. The summed E-state index contributed by atoms with van der Waals surface area (Å²) in [6.45, 7) is 6.08. The first-order valence-corrected chi connectivity index (χ1v) is 16.2. The number of hydrazine groups is 1. The normalized spacial score (nSPS) is 16.9. The Morgan fingerprint density at radius 1 is 1.08 bits per heavy atom. The molecule has 1 aliphatic rings. The number of hydrogen-bond acceptors (Lipinski definition) is 10. The van der Waals surface area contributed by atoms with Crippen molar-refractivity contribution in [2.45, 2.75) is 70.4 Å². The van der Waals surface area contributed by atoms with Gasteiger partial charge in [-0.3, -0.25) is 15.0 Å². The standard InChI is InChI=1S/C36H45N7O6/c1-35(2,3)49-31(45)19-20-36(34(46)41-38-23-25-11-15-28(16-12-25)43(4)5)32(30-10-7-6-9-27(30)24-39-42-37)48-33(40-36)26-13-17-29(18-14-26)47-22-8-21-44/h6-7,9-18,32,38,44H,8,19-24H2,1-5H3,(H,41,46)/t32-,36-/m0/s1. The Balaban J connectivity index is 1.73. The van der Waals surface area contributed by atoms with Gasteiger partial charge in [-0.05, 0) is 85.8 Å². The summed E-state index contributed by atoms with van der Waals surface area (Å²) in [4.78, 5) is 37.4. The zero-order valence-corrected chi connectivity index (χ0v) is 28.7. The zero-order valence-electron chi connectivity index (χ0n) is 28.7. The van der Waals surface area contributed by atoms with Gasteiger partial charge in [0.2, 0.25) is 5.90 Å². The fourth-order valence-corrected chi connectivity index (χ4v) is 5.32. The molecule has 0 unspecified atom stereocenters. The number of aliphatic hydroxyl groups excluding tert-OH is 1. The second kappa shape index (κ2) is 16.8. The molecule has 0 bridgehead atoms. The number of azide groups is 1. The molecule has 1 heterocycles. The Bertz CT molecular complexity index is 1650. The molecule has 3 N–H and O–H groups in total. The number of aliphatic imine (C=N–C) groups is 1. The van der Waals surface area contributed by atoms with Gasteiger partial charge in [-0.2, -0.15) is 0 Å². The molecule has 49 heavy (non-hydrogen) atoms. The Hall–Kier alpha value is -5.10. The first-order chi connectivity index (χ1) is 23.5. The maximum absolute atomic E-state index is 14.4. The Morgan fingerprint density at radius 2 is 1.80 bits per heavy atom. The van der Waals surface area contributed by atoms with Gasteiger partial charge in [0.25, 0.3) is 5.91 Å². The SMILES string of the molecule is CN(C)c1ccc(CNNC(=O)[C@@]2(CCC(=O)OC(C)(C)C)N=C(c3ccc(OCCCO)cc3)O[C@H]2c2ccccc2CN=[N+]=[N-])cc1. The van der Waals surface area contributed by atoms with Crippen molar-refractivity contribution >= 4 is 23.5 Å². The summed E-state index contributed by atoms with van der Waals surface area (Å²) >= 11 is 0. The van der Waals surface area contributed by atoms with E-state index in [2.05, 4.69) is 20.9 Å². The molecule has 0 fully saturated rings. The summed E-state index contributed by atoms with van der Waals surface area (Å²) in [5, 5.41) is 12.8. The number of benzene rings is 3. The summed E-state index contributed by atoms with van der Waals surface area (Å²) in [5.41, 5.74) is 16.4. The molecule has 0 aromatic heterocycles. The van der Waals surface area contributed by atoms with Crippen LogP contribution in [0, 0.1) is 0 Å². The molecule has 0 aliphatic carbocycles. The molecule has 1 amide bonds. The number of nitrogens with one attached hydrogen (secondary N) is 2. The van der Waals surface area contributed by atoms with Gasteiger partial charge in [0.15, 0.2) is 11.6 Å². The first-order valence-electron chi connectivity index (χ1n) is 16.2. The van der Waals surface area contributed by atoms with Crippen molar-refractivity contribution in [3.63, 3.8) is 0 Å². The van der Waals surface area contributed by atoms with Crippen LogP contribution < -0.4 is 20.5 Å². The van der Waals surface area contributed by atoms with Crippen molar-refractivity contribution in [1.29, 1.82) is 0 Å². The summed E-state index contributed by atoms with van der Waals surface area (Å²) in [6, 6.07) is 22.2. The van der Waals surface area contributed by atoms with E-state index in [-0.39, 0.29) is 31.9 Å². The predicted molar refractivity (Wildman–Crippen MR) is 187 cm³/mol. The Labute approximate surface area is 286 Å². The average Bonchev–Trinajstić information content (AvgIpc) is 3.47. The number of amides is 1. The van der Waals surface area contributed by atoms with Crippen molar-refractivity contribution in [3.8, 4) is 5.75 Å². The largest absolute Gasteiger partial charge is 0.494 e. The lowest BCUT2D eigenvalue weighted by Crippen LogP contribution is -2.53. The molecule has 1 aliphatic heterocycles. The lowest BCUT2D eigenvalue weighted by Gasteiger charge is -2.32. The van der Waals surface area contributed by atoms with E-state index in [9.17, 15) is 9.59 Å². The smallest absolute Gasteiger partial charge is 0.306 e. The summed E-state index contributed by atoms with van der Waals surface area (Å²) < 4.78 is 17.8. The number of anilines is 1. The minimum absolute atomic E-state index is 0.0205. The molecule has 3 aromatic rings. The molecule has 2 atom stereocenters. The molecule has 0 spiro atoms. The van der Waals surface area contributed by atoms with Gasteiger partial charge in [-0.1, -0.05) is 41.5 Å². The van der Waals surface area contributed by atoms with E-state index in [1.54, 1.807) is 63.2 Å². The van der Waals surface area contributed by atoms with E-state index in [0.29, 0.717) is 42.0 Å². The number of hydrogen-bond donors (Lipinski definition) is 3. The van der Waals surface area contributed by atoms with E-state index in [4.69, 9.17) is 29.8 Å². The van der Waals surface area contributed by atoms with Gasteiger partial charge < -0.3 is 24.2 Å². The molecule has 0 saturated carbocycles. The minimum Gasteiger partial charge on any atom is -0.494 e. The molecule has 3 aromatic carbocycles. The van der Waals surface area contributed by atoms with E-state index < -0.39 is 29.1 Å². The third-order valence-electron chi connectivity index (χ3n) is 7.75. The average molecular weight is 672 g/mol. The topological polar surface area (TPSA) is 170 Å². The number of ether oxygens (including phenoxy) is 3. The van der Waals surface area contributed by atoms with Crippen LogP contribution in [0.2, 0.25) is 0 Å². The highest BCUT2D eigenvalue weighted by molar-refractivity contribution is 6.01. The third-order valence-corrected chi connectivity index (χ3v) is 7.75. The number of esters is 1. The maximum atomic E-state index is 14.4. The van der Waals surface area contributed by atoms with Gasteiger partial charge >= 0.3 is 5.97 Å². The van der Waals surface area contributed by atoms with Crippen molar-refractivity contribution in [1.82, 2.24) is 10.9 Å². The summed E-state index contributed by atoms with van der Waals surface area (Å²) in [6.07, 6.45) is -0.654. The van der Waals surface area contributed by atoms with Crippen LogP contribution in [0.15, 0.2) is 82.9 Å². The molecule has 260 valence electrons. The maximum Gasteiger partial charge on any atom is 0.306 e. The fourth-order valence-electron chi connectivity index (χ4n) is 5.32. The van der Waals surface area contributed by atoms with Crippen LogP contribution in [0.25, 0.3) is 10.4 Å². The number of rotatable bonds is 16. The molecular weight excluding hydrogens is 626 g/mol. The van der Waals surface area contributed by atoms with Crippen LogP contribution in [0.5, 0.6) is 5.75 Å². The molecule has 4 rings (SSSR count). The van der Waals surface area contributed by atoms with Gasteiger partial charge in [-0.25, -0.2) is 10.4 Å². The monoisotopic (exact) mass is 671 g/mol. The van der Waals surface area contributed by atoms with Crippen molar-refractivity contribution < 1.29 is 28.9 Å². The van der Waals surface area contributed by atoms with Crippen molar-refractivity contribution in [2.24, 2.45) is 10.1 Å². The molecule has 13 heteroatoms. The lowest BCUT2D eigenvalue weighted by atomic mass is 9.82. The lowest BCUT2D eigenvalue weighted by molar-refractivity contribution is -0.155. The van der Waals surface area contributed by atoms with Gasteiger partial charge in [0.1, 0.15) is 11.4 Å². The molecular formula is C36H45N7O6. The first kappa shape index (κ1) is 36.7.